The van der Waals surface area contributed by atoms with Crippen LogP contribution in [0.25, 0.3) is 0 Å². The van der Waals surface area contributed by atoms with Crippen molar-refractivity contribution in [2.24, 2.45) is 0 Å². The second kappa shape index (κ2) is 7.28. The fourth-order valence-corrected chi connectivity index (χ4v) is 2.53. The summed E-state index contributed by atoms with van der Waals surface area (Å²) in [5.41, 5.74) is 2.24. The zero-order valence-electron chi connectivity index (χ0n) is 11.7. The third kappa shape index (κ3) is 4.67. The van der Waals surface area contributed by atoms with Gasteiger partial charge in [0, 0.05) is 36.8 Å². The maximum Gasteiger partial charge on any atom is 0.221 e. The summed E-state index contributed by atoms with van der Waals surface area (Å²) in [6, 6.07) is 0.414. The van der Waals surface area contributed by atoms with Crippen LogP contribution in [0.3, 0.4) is 0 Å². The summed E-state index contributed by atoms with van der Waals surface area (Å²) in [4.78, 5) is 11.8. The van der Waals surface area contributed by atoms with E-state index in [1.807, 2.05) is 13.1 Å². The van der Waals surface area contributed by atoms with Gasteiger partial charge in [-0.15, -0.1) is 0 Å². The largest absolute Gasteiger partial charge is 0.353 e. The number of aromatic amines is 1. The summed E-state index contributed by atoms with van der Waals surface area (Å²) in [6.45, 7) is 3.47. The smallest absolute Gasteiger partial charge is 0.221 e. The predicted molar refractivity (Wildman–Crippen MR) is 74.7 cm³/mol. The quantitative estimate of drug-likeness (QED) is 0.684. The molecular formula is C14H24N4O. The molecule has 1 saturated carbocycles. The van der Waals surface area contributed by atoms with Gasteiger partial charge >= 0.3 is 0 Å². The van der Waals surface area contributed by atoms with Crippen LogP contribution in [0.15, 0.2) is 6.20 Å². The molecule has 0 aliphatic heterocycles. The van der Waals surface area contributed by atoms with Crippen LogP contribution in [0.4, 0.5) is 0 Å². The number of hydrogen-bond acceptors (Lipinski definition) is 3. The van der Waals surface area contributed by atoms with Gasteiger partial charge in [-0.25, -0.2) is 0 Å². The topological polar surface area (TPSA) is 69.8 Å². The van der Waals surface area contributed by atoms with E-state index in [2.05, 4.69) is 20.8 Å². The van der Waals surface area contributed by atoms with E-state index in [1.54, 1.807) is 0 Å². The predicted octanol–water partition coefficient (Wildman–Crippen LogP) is 1.65. The average Bonchev–Trinajstić information content (AvgIpc) is 2.81. The van der Waals surface area contributed by atoms with E-state index in [1.165, 1.54) is 19.3 Å². The highest BCUT2D eigenvalue weighted by Gasteiger charge is 2.15. The molecule has 1 aromatic heterocycles. The minimum atomic E-state index is 0.170. The van der Waals surface area contributed by atoms with E-state index >= 15 is 0 Å². The first kappa shape index (κ1) is 14.1. The molecule has 5 heteroatoms. The van der Waals surface area contributed by atoms with Crippen molar-refractivity contribution in [3.63, 3.8) is 0 Å². The molecule has 0 saturated heterocycles. The van der Waals surface area contributed by atoms with Crippen LogP contribution in [0.2, 0.25) is 0 Å². The van der Waals surface area contributed by atoms with Crippen molar-refractivity contribution in [3.05, 3.63) is 17.5 Å². The second-order valence-corrected chi connectivity index (χ2v) is 5.35. The molecular weight excluding hydrogens is 240 g/mol. The Labute approximate surface area is 114 Å². The first-order valence-electron chi connectivity index (χ1n) is 7.24. The third-order valence-corrected chi connectivity index (χ3v) is 3.75. The number of aryl methyl sites for hydroxylation is 1. The number of aromatic nitrogens is 2. The van der Waals surface area contributed by atoms with E-state index in [-0.39, 0.29) is 5.91 Å². The SMILES string of the molecule is Cc1[nH]ncc1CNCCC(=O)NC1CCCCC1. The fraction of sp³-hybridized carbons (Fsp3) is 0.714. The minimum Gasteiger partial charge on any atom is -0.353 e. The summed E-state index contributed by atoms with van der Waals surface area (Å²) < 4.78 is 0. The first-order valence-corrected chi connectivity index (χ1v) is 7.24. The summed E-state index contributed by atoms with van der Waals surface area (Å²) in [6.07, 6.45) is 8.49. The van der Waals surface area contributed by atoms with Crippen molar-refractivity contribution < 1.29 is 4.79 Å². The van der Waals surface area contributed by atoms with E-state index in [0.717, 1.165) is 30.6 Å². The number of hydrogen-bond donors (Lipinski definition) is 3. The standard InChI is InChI=1S/C14H24N4O/c1-11-12(10-16-18-11)9-15-8-7-14(19)17-13-5-3-2-4-6-13/h10,13,15H,2-9H2,1H3,(H,16,18)(H,17,19). The van der Waals surface area contributed by atoms with Gasteiger partial charge in [0.05, 0.1) is 6.20 Å². The Balaban J connectivity index is 1.57. The lowest BCUT2D eigenvalue weighted by atomic mass is 9.95. The molecule has 0 unspecified atom stereocenters. The number of carbonyl (C=O) groups is 1. The molecule has 1 aliphatic carbocycles. The van der Waals surface area contributed by atoms with E-state index in [9.17, 15) is 4.79 Å². The van der Waals surface area contributed by atoms with Gasteiger partial charge in [0.15, 0.2) is 0 Å². The van der Waals surface area contributed by atoms with Crippen LogP contribution in [0.5, 0.6) is 0 Å². The van der Waals surface area contributed by atoms with Gasteiger partial charge in [0.1, 0.15) is 0 Å². The zero-order valence-corrected chi connectivity index (χ0v) is 11.7. The highest BCUT2D eigenvalue weighted by Crippen LogP contribution is 2.17. The Morgan fingerprint density at radius 3 is 2.89 bits per heavy atom. The Hall–Kier alpha value is -1.36. The average molecular weight is 264 g/mol. The van der Waals surface area contributed by atoms with E-state index in [4.69, 9.17) is 0 Å². The highest BCUT2D eigenvalue weighted by atomic mass is 16.1. The normalized spacial score (nSPS) is 16.5. The molecule has 1 heterocycles. The van der Waals surface area contributed by atoms with Gasteiger partial charge in [-0.2, -0.15) is 5.10 Å². The van der Waals surface area contributed by atoms with E-state index in [0.29, 0.717) is 19.0 Å². The fourth-order valence-electron chi connectivity index (χ4n) is 2.53. The second-order valence-electron chi connectivity index (χ2n) is 5.35. The number of carbonyl (C=O) groups excluding carboxylic acids is 1. The van der Waals surface area contributed by atoms with Crippen molar-refractivity contribution >= 4 is 5.91 Å². The lowest BCUT2D eigenvalue weighted by Crippen LogP contribution is -2.37. The van der Waals surface area contributed by atoms with Crippen LogP contribution < -0.4 is 10.6 Å². The number of amides is 1. The first-order chi connectivity index (χ1) is 9.25. The number of nitrogens with one attached hydrogen (secondary N) is 3. The molecule has 106 valence electrons. The number of H-pyrrole nitrogens is 1. The molecule has 5 nitrogen and oxygen atoms in total. The molecule has 0 radical (unpaired) electrons. The van der Waals surface area contributed by atoms with Crippen LogP contribution in [0.1, 0.15) is 49.8 Å². The lowest BCUT2D eigenvalue weighted by Gasteiger charge is -2.22. The van der Waals surface area contributed by atoms with Crippen LogP contribution in [-0.4, -0.2) is 28.7 Å². The van der Waals surface area contributed by atoms with Crippen LogP contribution in [-0.2, 0) is 11.3 Å². The monoisotopic (exact) mass is 264 g/mol. The molecule has 19 heavy (non-hydrogen) atoms. The molecule has 1 aliphatic rings. The van der Waals surface area contributed by atoms with Gasteiger partial charge in [-0.3, -0.25) is 9.89 Å². The molecule has 0 spiro atoms. The van der Waals surface area contributed by atoms with Crippen LogP contribution >= 0.6 is 0 Å². The summed E-state index contributed by atoms with van der Waals surface area (Å²) in [5.74, 6) is 0.170. The molecule has 0 bridgehead atoms. The van der Waals surface area contributed by atoms with Gasteiger partial charge in [0.25, 0.3) is 0 Å². The van der Waals surface area contributed by atoms with Crippen molar-refractivity contribution in [2.75, 3.05) is 6.54 Å². The number of rotatable bonds is 6. The summed E-state index contributed by atoms with van der Waals surface area (Å²) >= 11 is 0. The zero-order chi connectivity index (χ0) is 13.5. The third-order valence-electron chi connectivity index (χ3n) is 3.75. The molecule has 1 amide bonds. The molecule has 0 aromatic carbocycles. The summed E-state index contributed by atoms with van der Waals surface area (Å²) in [5, 5.41) is 13.3. The van der Waals surface area contributed by atoms with Gasteiger partial charge in [0.2, 0.25) is 5.91 Å². The van der Waals surface area contributed by atoms with Gasteiger partial charge in [-0.1, -0.05) is 19.3 Å². The van der Waals surface area contributed by atoms with Crippen molar-refractivity contribution in [1.29, 1.82) is 0 Å². The maximum atomic E-state index is 11.8. The van der Waals surface area contributed by atoms with E-state index < -0.39 is 0 Å². The molecule has 0 atom stereocenters. The van der Waals surface area contributed by atoms with Crippen molar-refractivity contribution in [1.82, 2.24) is 20.8 Å². The Morgan fingerprint density at radius 2 is 2.21 bits per heavy atom. The lowest BCUT2D eigenvalue weighted by molar-refractivity contribution is -0.121. The van der Waals surface area contributed by atoms with Crippen molar-refractivity contribution in [2.45, 2.75) is 58.0 Å². The highest BCUT2D eigenvalue weighted by molar-refractivity contribution is 5.76. The number of nitrogens with zero attached hydrogens (tertiary/aromatic N) is 1. The Bertz CT molecular complexity index is 396. The molecule has 3 N–H and O–H groups in total. The molecule has 2 rings (SSSR count). The summed E-state index contributed by atoms with van der Waals surface area (Å²) in [7, 11) is 0. The minimum absolute atomic E-state index is 0.170. The van der Waals surface area contributed by atoms with Crippen molar-refractivity contribution in [3.8, 4) is 0 Å². The molecule has 1 aromatic rings. The van der Waals surface area contributed by atoms with Gasteiger partial charge < -0.3 is 10.6 Å². The maximum absolute atomic E-state index is 11.8. The van der Waals surface area contributed by atoms with Crippen LogP contribution in [0, 0.1) is 6.92 Å². The van der Waals surface area contributed by atoms with Gasteiger partial charge in [-0.05, 0) is 19.8 Å². The Kier molecular flexibility index (Phi) is 5.39. The molecule has 1 fully saturated rings. The Morgan fingerprint density at radius 1 is 1.42 bits per heavy atom.